The molecule has 0 aromatic heterocycles. The van der Waals surface area contributed by atoms with Gasteiger partial charge in [0.1, 0.15) is 13.2 Å². The summed E-state index contributed by atoms with van der Waals surface area (Å²) in [7, 11) is 0. The van der Waals surface area contributed by atoms with Gasteiger partial charge in [-0.1, -0.05) is 17.7 Å². The molecule has 0 aliphatic rings. The largest absolute Gasteiger partial charge is 0.480 e. The second-order valence-corrected chi connectivity index (χ2v) is 3.75. The lowest BCUT2D eigenvalue weighted by Crippen LogP contribution is -2.21. The predicted octanol–water partition coefficient (Wildman–Crippen LogP) is 1.34. The van der Waals surface area contributed by atoms with E-state index in [4.69, 9.17) is 5.11 Å². The lowest BCUT2D eigenvalue weighted by atomic mass is 10.1. The zero-order chi connectivity index (χ0) is 12.8. The standard InChI is InChI=1S/C12H15NO4/c1-8-3-4-10(9(2)5-8)13-11(14)6-17-7-12(15)16/h3-5H,6-7H2,1-2H3,(H,13,14)(H,15,16). The van der Waals surface area contributed by atoms with Crippen LogP contribution in [0.1, 0.15) is 11.1 Å². The fraction of sp³-hybridized carbons (Fsp3) is 0.333. The fourth-order valence-corrected chi connectivity index (χ4v) is 1.37. The number of carbonyl (C=O) groups excluding carboxylic acids is 1. The molecule has 0 spiro atoms. The molecule has 1 rings (SSSR count). The first-order chi connectivity index (χ1) is 7.99. The molecule has 1 aromatic rings. The minimum Gasteiger partial charge on any atom is -0.480 e. The summed E-state index contributed by atoms with van der Waals surface area (Å²) in [6, 6.07) is 5.65. The van der Waals surface area contributed by atoms with E-state index in [1.807, 2.05) is 26.0 Å². The quantitative estimate of drug-likeness (QED) is 0.810. The number of carboxylic acid groups (broad SMARTS) is 1. The lowest BCUT2D eigenvalue weighted by Gasteiger charge is -2.08. The maximum absolute atomic E-state index is 11.4. The number of aryl methyl sites for hydroxylation is 2. The summed E-state index contributed by atoms with van der Waals surface area (Å²) in [5.41, 5.74) is 2.78. The molecule has 0 saturated heterocycles. The van der Waals surface area contributed by atoms with Gasteiger partial charge in [0.2, 0.25) is 5.91 Å². The van der Waals surface area contributed by atoms with Gasteiger partial charge in [-0.3, -0.25) is 4.79 Å². The number of hydrogen-bond acceptors (Lipinski definition) is 3. The van der Waals surface area contributed by atoms with Gasteiger partial charge in [0.15, 0.2) is 0 Å². The first-order valence-electron chi connectivity index (χ1n) is 5.15. The summed E-state index contributed by atoms with van der Waals surface area (Å²) < 4.78 is 4.68. The minimum absolute atomic E-state index is 0.264. The highest BCUT2D eigenvalue weighted by molar-refractivity contribution is 5.92. The van der Waals surface area contributed by atoms with Gasteiger partial charge in [0.05, 0.1) is 0 Å². The number of carboxylic acids is 1. The third-order valence-electron chi connectivity index (χ3n) is 2.11. The molecule has 0 bridgehead atoms. The van der Waals surface area contributed by atoms with Crippen LogP contribution in [0.4, 0.5) is 5.69 Å². The highest BCUT2D eigenvalue weighted by Gasteiger charge is 2.06. The van der Waals surface area contributed by atoms with E-state index >= 15 is 0 Å². The minimum atomic E-state index is -1.09. The number of carbonyl (C=O) groups is 2. The number of rotatable bonds is 5. The Balaban J connectivity index is 2.48. The molecule has 1 aromatic carbocycles. The third kappa shape index (κ3) is 4.65. The normalized spacial score (nSPS) is 10.0. The van der Waals surface area contributed by atoms with Crippen LogP contribution < -0.4 is 5.32 Å². The Morgan fingerprint density at radius 2 is 2.00 bits per heavy atom. The SMILES string of the molecule is Cc1ccc(NC(=O)COCC(=O)O)c(C)c1. The molecular weight excluding hydrogens is 222 g/mol. The zero-order valence-electron chi connectivity index (χ0n) is 9.82. The van der Waals surface area contributed by atoms with E-state index < -0.39 is 12.6 Å². The molecule has 5 nitrogen and oxygen atoms in total. The van der Waals surface area contributed by atoms with Crippen molar-refractivity contribution in [3.63, 3.8) is 0 Å². The van der Waals surface area contributed by atoms with Gasteiger partial charge >= 0.3 is 5.97 Å². The van der Waals surface area contributed by atoms with Crippen molar-refractivity contribution in [1.82, 2.24) is 0 Å². The van der Waals surface area contributed by atoms with E-state index in [-0.39, 0.29) is 12.5 Å². The number of hydrogen-bond donors (Lipinski definition) is 2. The molecule has 17 heavy (non-hydrogen) atoms. The molecule has 92 valence electrons. The van der Waals surface area contributed by atoms with Crippen molar-refractivity contribution < 1.29 is 19.4 Å². The van der Waals surface area contributed by atoms with E-state index in [0.717, 1.165) is 11.1 Å². The molecule has 0 heterocycles. The van der Waals surface area contributed by atoms with E-state index in [9.17, 15) is 9.59 Å². The summed E-state index contributed by atoms with van der Waals surface area (Å²) in [4.78, 5) is 21.6. The Bertz CT molecular complexity index is 429. The van der Waals surface area contributed by atoms with Crippen LogP contribution in [-0.4, -0.2) is 30.2 Å². The summed E-state index contributed by atoms with van der Waals surface area (Å²) in [6.07, 6.45) is 0. The fourth-order valence-electron chi connectivity index (χ4n) is 1.37. The van der Waals surface area contributed by atoms with Gasteiger partial charge in [-0.15, -0.1) is 0 Å². The van der Waals surface area contributed by atoms with E-state index in [0.29, 0.717) is 5.69 Å². The van der Waals surface area contributed by atoms with Crippen LogP contribution in [0.2, 0.25) is 0 Å². The molecule has 0 saturated carbocycles. The summed E-state index contributed by atoms with van der Waals surface area (Å²) in [5.74, 6) is -1.46. The van der Waals surface area contributed by atoms with Crippen LogP contribution >= 0.6 is 0 Å². The average molecular weight is 237 g/mol. The number of anilines is 1. The third-order valence-corrected chi connectivity index (χ3v) is 2.11. The van der Waals surface area contributed by atoms with Crippen LogP contribution in [0.25, 0.3) is 0 Å². The molecule has 2 N–H and O–H groups in total. The molecular formula is C12H15NO4. The van der Waals surface area contributed by atoms with Gasteiger partial charge in [-0.25, -0.2) is 4.79 Å². The Hall–Kier alpha value is -1.88. The first kappa shape index (κ1) is 13.2. The maximum Gasteiger partial charge on any atom is 0.329 e. The highest BCUT2D eigenvalue weighted by atomic mass is 16.5. The Labute approximate surface area is 99.4 Å². The van der Waals surface area contributed by atoms with Crippen molar-refractivity contribution in [2.24, 2.45) is 0 Å². The number of amides is 1. The van der Waals surface area contributed by atoms with Crippen molar-refractivity contribution in [2.75, 3.05) is 18.5 Å². The highest BCUT2D eigenvalue weighted by Crippen LogP contribution is 2.15. The molecule has 0 radical (unpaired) electrons. The van der Waals surface area contributed by atoms with Crippen LogP contribution in [0.5, 0.6) is 0 Å². The van der Waals surface area contributed by atoms with E-state index in [1.165, 1.54) is 0 Å². The van der Waals surface area contributed by atoms with Crippen molar-refractivity contribution in [1.29, 1.82) is 0 Å². The predicted molar refractivity (Wildman–Crippen MR) is 63.0 cm³/mol. The van der Waals surface area contributed by atoms with E-state index in [1.54, 1.807) is 6.07 Å². The summed E-state index contributed by atoms with van der Waals surface area (Å²) in [5, 5.41) is 11.0. The Kier molecular flexibility index (Phi) is 4.66. The van der Waals surface area contributed by atoms with Gasteiger partial charge in [0.25, 0.3) is 0 Å². The van der Waals surface area contributed by atoms with Gasteiger partial charge < -0.3 is 15.2 Å². The Morgan fingerprint density at radius 3 is 2.59 bits per heavy atom. The zero-order valence-corrected chi connectivity index (χ0v) is 9.82. The second kappa shape index (κ2) is 6.00. The van der Waals surface area contributed by atoms with E-state index in [2.05, 4.69) is 10.1 Å². The summed E-state index contributed by atoms with van der Waals surface area (Å²) in [6.45, 7) is 3.12. The smallest absolute Gasteiger partial charge is 0.329 e. The number of nitrogens with one attached hydrogen (secondary N) is 1. The monoisotopic (exact) mass is 237 g/mol. The molecule has 0 unspecified atom stereocenters. The molecule has 1 amide bonds. The van der Waals surface area contributed by atoms with Gasteiger partial charge in [0, 0.05) is 5.69 Å². The molecule has 0 atom stereocenters. The van der Waals surface area contributed by atoms with Crippen LogP contribution in [-0.2, 0) is 14.3 Å². The summed E-state index contributed by atoms with van der Waals surface area (Å²) >= 11 is 0. The molecule has 5 heteroatoms. The van der Waals surface area contributed by atoms with Crippen molar-refractivity contribution in [3.8, 4) is 0 Å². The van der Waals surface area contributed by atoms with Crippen molar-refractivity contribution in [2.45, 2.75) is 13.8 Å². The molecule has 0 aliphatic carbocycles. The van der Waals surface area contributed by atoms with Gasteiger partial charge in [-0.05, 0) is 25.5 Å². The van der Waals surface area contributed by atoms with Gasteiger partial charge in [-0.2, -0.15) is 0 Å². The topological polar surface area (TPSA) is 75.6 Å². The first-order valence-corrected chi connectivity index (χ1v) is 5.15. The van der Waals surface area contributed by atoms with Crippen LogP contribution in [0.3, 0.4) is 0 Å². The van der Waals surface area contributed by atoms with Crippen molar-refractivity contribution >= 4 is 17.6 Å². The average Bonchev–Trinajstić information content (AvgIpc) is 2.21. The number of benzene rings is 1. The Morgan fingerprint density at radius 1 is 1.29 bits per heavy atom. The lowest BCUT2D eigenvalue weighted by molar-refractivity contribution is -0.143. The number of aliphatic carboxylic acids is 1. The van der Waals surface area contributed by atoms with Crippen molar-refractivity contribution in [3.05, 3.63) is 29.3 Å². The molecule has 0 aliphatic heterocycles. The second-order valence-electron chi connectivity index (χ2n) is 3.75. The maximum atomic E-state index is 11.4. The molecule has 0 fully saturated rings. The van der Waals surface area contributed by atoms with Crippen LogP contribution in [0.15, 0.2) is 18.2 Å². The number of ether oxygens (including phenoxy) is 1. The van der Waals surface area contributed by atoms with Crippen LogP contribution in [0, 0.1) is 13.8 Å².